The second-order valence-electron chi connectivity index (χ2n) is 8.07. The van der Waals surface area contributed by atoms with Crippen molar-refractivity contribution >= 4 is 5.78 Å². The highest BCUT2D eigenvalue weighted by Crippen LogP contribution is 2.51. The minimum Gasteiger partial charge on any atom is -0.454 e. The van der Waals surface area contributed by atoms with Crippen LogP contribution in [0.1, 0.15) is 36.7 Å². The van der Waals surface area contributed by atoms with E-state index < -0.39 is 5.41 Å². The molecule has 0 spiro atoms. The lowest BCUT2D eigenvalue weighted by Crippen LogP contribution is -2.23. The number of ether oxygens (including phenoxy) is 2. The highest BCUT2D eigenvalue weighted by molar-refractivity contribution is 5.94. The maximum Gasteiger partial charge on any atom is 0.231 e. The number of pyridine rings is 1. The average Bonchev–Trinajstić information content (AvgIpc) is 3.46. The van der Waals surface area contributed by atoms with Gasteiger partial charge in [0.25, 0.3) is 0 Å². The maximum absolute atomic E-state index is 13.3. The normalized spacial score (nSPS) is 15.8. The first-order valence-electron chi connectivity index (χ1n) is 10.2. The molecule has 2 aromatic carbocycles. The smallest absolute Gasteiger partial charge is 0.231 e. The first-order chi connectivity index (χ1) is 14.6. The number of ketones is 1. The van der Waals surface area contributed by atoms with Gasteiger partial charge in [-0.3, -0.25) is 9.78 Å². The van der Waals surface area contributed by atoms with Gasteiger partial charge in [0.05, 0.1) is 17.7 Å². The van der Waals surface area contributed by atoms with Gasteiger partial charge in [-0.05, 0) is 54.7 Å². The van der Waals surface area contributed by atoms with Crippen LogP contribution in [0, 0.1) is 6.92 Å². The number of benzene rings is 2. The Balaban J connectivity index is 0.00000231. The molecule has 1 aliphatic carbocycles. The van der Waals surface area contributed by atoms with E-state index in [0.717, 1.165) is 52.2 Å². The third kappa shape index (κ3) is 3.25. The van der Waals surface area contributed by atoms with Crippen LogP contribution in [0.25, 0.3) is 11.3 Å². The molecule has 5 nitrogen and oxygen atoms in total. The van der Waals surface area contributed by atoms with E-state index in [4.69, 9.17) is 14.5 Å². The molecule has 0 radical (unpaired) electrons. The molecule has 3 aromatic rings. The highest BCUT2D eigenvalue weighted by atomic mass is 16.7. The number of aromatic nitrogens is 1. The van der Waals surface area contributed by atoms with E-state index in [1.54, 1.807) is 0 Å². The molecule has 0 atom stereocenters. The van der Waals surface area contributed by atoms with E-state index in [-0.39, 0.29) is 20.6 Å². The summed E-state index contributed by atoms with van der Waals surface area (Å²) in [4.78, 5) is 18.1. The molecular formula is C25H25NO4. The number of aliphatic hydroxyl groups is 1. The predicted molar refractivity (Wildman–Crippen MR) is 115 cm³/mol. The lowest BCUT2D eigenvalue weighted by molar-refractivity contribution is -0.120. The molecule has 0 unspecified atom stereocenters. The Kier molecular flexibility index (Phi) is 4.55. The van der Waals surface area contributed by atoms with Crippen molar-refractivity contribution in [2.45, 2.75) is 38.2 Å². The van der Waals surface area contributed by atoms with Crippen molar-refractivity contribution in [3.05, 3.63) is 77.0 Å². The van der Waals surface area contributed by atoms with Crippen LogP contribution in [0.5, 0.6) is 11.5 Å². The first-order valence-corrected chi connectivity index (χ1v) is 10.2. The van der Waals surface area contributed by atoms with Crippen molar-refractivity contribution in [3.63, 3.8) is 0 Å². The number of hydrogen-bond donors (Lipinski definition) is 1. The highest BCUT2D eigenvalue weighted by Gasteiger charge is 2.51. The zero-order chi connectivity index (χ0) is 20.7. The summed E-state index contributed by atoms with van der Waals surface area (Å²) < 4.78 is 10.9. The summed E-state index contributed by atoms with van der Waals surface area (Å²) in [5, 5.41) is 9.26. The summed E-state index contributed by atoms with van der Waals surface area (Å²) in [6, 6.07) is 17.5. The monoisotopic (exact) mass is 403 g/mol. The molecule has 1 aliphatic heterocycles. The molecule has 1 fully saturated rings. The molecule has 0 saturated heterocycles. The minimum absolute atomic E-state index is 0. The predicted octanol–water partition coefficient (Wildman–Crippen LogP) is 4.37. The van der Waals surface area contributed by atoms with Crippen LogP contribution >= 0.6 is 0 Å². The molecule has 1 saturated carbocycles. The average molecular weight is 403 g/mol. The van der Waals surface area contributed by atoms with Crippen molar-refractivity contribution in [1.29, 1.82) is 0 Å². The van der Waals surface area contributed by atoms with Gasteiger partial charge < -0.3 is 14.6 Å². The summed E-state index contributed by atoms with van der Waals surface area (Å²) in [5.41, 5.74) is 5.12. The summed E-state index contributed by atoms with van der Waals surface area (Å²) >= 11 is 0. The van der Waals surface area contributed by atoms with Crippen molar-refractivity contribution < 1.29 is 20.8 Å². The number of carbonyl (C=O) groups excluding carboxylic acids is 1. The second-order valence-corrected chi connectivity index (χ2v) is 8.07. The number of aryl methyl sites for hydroxylation is 1. The molecule has 5 rings (SSSR count). The quantitative estimate of drug-likeness (QED) is 0.662. The molecule has 2 heterocycles. The Morgan fingerprint density at radius 3 is 2.57 bits per heavy atom. The largest absolute Gasteiger partial charge is 0.454 e. The van der Waals surface area contributed by atoms with Gasteiger partial charge in [0, 0.05) is 19.1 Å². The molecular weight excluding hydrogens is 378 g/mol. The number of nitrogens with zero attached hydrogens (tertiary/aromatic N) is 1. The van der Waals surface area contributed by atoms with E-state index >= 15 is 0 Å². The van der Waals surface area contributed by atoms with E-state index in [0.29, 0.717) is 12.2 Å². The van der Waals surface area contributed by atoms with Crippen LogP contribution in [0.15, 0.2) is 54.6 Å². The Bertz CT molecular complexity index is 1120. The zero-order valence-electron chi connectivity index (χ0n) is 16.9. The summed E-state index contributed by atoms with van der Waals surface area (Å²) in [7, 11) is 0. The standard InChI is InChI=1S/C25H23NO4.H2/c1-16-2-8-20(26-24(16)18-5-3-17(14-27)4-6-18)13-23(28)25(10-11-25)19-7-9-21-22(12-19)30-15-29-21;/h2-9,12,27H,10-11,13-15H2,1H3;1H. The molecule has 2 aliphatic rings. The number of hydrogen-bond acceptors (Lipinski definition) is 5. The topological polar surface area (TPSA) is 68.7 Å². The van der Waals surface area contributed by atoms with Gasteiger partial charge in [-0.25, -0.2) is 0 Å². The van der Waals surface area contributed by atoms with Crippen LogP contribution in [-0.4, -0.2) is 22.7 Å². The van der Waals surface area contributed by atoms with Gasteiger partial charge in [0.15, 0.2) is 11.5 Å². The van der Waals surface area contributed by atoms with Crippen molar-refractivity contribution in [1.82, 2.24) is 4.98 Å². The van der Waals surface area contributed by atoms with Crippen LogP contribution in [0.3, 0.4) is 0 Å². The molecule has 1 aromatic heterocycles. The van der Waals surface area contributed by atoms with Gasteiger partial charge in [-0.15, -0.1) is 0 Å². The van der Waals surface area contributed by atoms with Crippen molar-refractivity contribution in [2.75, 3.05) is 6.79 Å². The Labute approximate surface area is 176 Å². The number of rotatable bonds is 6. The lowest BCUT2D eigenvalue weighted by atomic mass is 9.88. The van der Waals surface area contributed by atoms with Gasteiger partial charge >= 0.3 is 0 Å². The molecule has 0 bridgehead atoms. The fourth-order valence-corrected chi connectivity index (χ4v) is 4.11. The van der Waals surface area contributed by atoms with E-state index in [2.05, 4.69) is 0 Å². The summed E-state index contributed by atoms with van der Waals surface area (Å²) in [6.45, 7) is 2.27. The number of aliphatic hydroxyl groups excluding tert-OH is 1. The molecule has 30 heavy (non-hydrogen) atoms. The fraction of sp³-hybridized carbons (Fsp3) is 0.280. The number of Topliss-reactive ketones (excluding diaryl/α,β-unsaturated/α-hetero) is 1. The summed E-state index contributed by atoms with van der Waals surface area (Å²) in [5.74, 6) is 1.65. The van der Waals surface area contributed by atoms with Crippen LogP contribution in [-0.2, 0) is 23.2 Å². The van der Waals surface area contributed by atoms with E-state index in [9.17, 15) is 9.90 Å². The Morgan fingerprint density at radius 1 is 1.07 bits per heavy atom. The molecule has 1 N–H and O–H groups in total. The Hall–Kier alpha value is -3.18. The SMILES string of the molecule is Cc1ccc(CC(=O)C2(c3ccc4c(c3)OCO4)CC2)nc1-c1ccc(CO)cc1.[HH]. The van der Waals surface area contributed by atoms with Crippen LogP contribution in [0.4, 0.5) is 0 Å². The molecule has 0 amide bonds. The van der Waals surface area contributed by atoms with Crippen molar-refractivity contribution in [3.8, 4) is 22.8 Å². The van der Waals surface area contributed by atoms with Gasteiger partial charge in [-0.2, -0.15) is 0 Å². The number of carbonyl (C=O) groups is 1. The third-order valence-corrected chi connectivity index (χ3v) is 6.12. The third-order valence-electron chi connectivity index (χ3n) is 6.12. The number of fused-ring (bicyclic) bond motifs is 1. The van der Waals surface area contributed by atoms with Gasteiger partial charge in [-0.1, -0.05) is 36.4 Å². The van der Waals surface area contributed by atoms with Gasteiger partial charge in [0.2, 0.25) is 6.79 Å². The minimum atomic E-state index is -0.434. The Morgan fingerprint density at radius 2 is 1.83 bits per heavy atom. The van der Waals surface area contributed by atoms with Crippen molar-refractivity contribution in [2.24, 2.45) is 0 Å². The summed E-state index contributed by atoms with van der Waals surface area (Å²) in [6.07, 6.45) is 2.01. The van der Waals surface area contributed by atoms with Crippen LogP contribution < -0.4 is 9.47 Å². The van der Waals surface area contributed by atoms with E-state index in [1.807, 2.05) is 61.5 Å². The second kappa shape index (κ2) is 7.26. The van der Waals surface area contributed by atoms with Gasteiger partial charge in [0.1, 0.15) is 5.78 Å². The van der Waals surface area contributed by atoms with Crippen LogP contribution in [0.2, 0.25) is 0 Å². The first kappa shape index (κ1) is 18.8. The van der Waals surface area contributed by atoms with E-state index in [1.165, 1.54) is 0 Å². The maximum atomic E-state index is 13.3. The molecule has 5 heteroatoms. The fourth-order valence-electron chi connectivity index (χ4n) is 4.11. The lowest BCUT2D eigenvalue weighted by Gasteiger charge is -2.16. The molecule has 154 valence electrons. The zero-order valence-corrected chi connectivity index (χ0v) is 16.9.